The first-order valence-corrected chi connectivity index (χ1v) is 28.3. The van der Waals surface area contributed by atoms with E-state index in [1.165, 1.54) is 51.4 Å². The van der Waals surface area contributed by atoms with E-state index < -0.39 is 67.3 Å². The van der Waals surface area contributed by atoms with Crippen molar-refractivity contribution in [3.63, 3.8) is 0 Å². The molecule has 0 saturated carbocycles. The van der Waals surface area contributed by atoms with Gasteiger partial charge in [0.25, 0.3) is 0 Å². The molecule has 0 aromatic carbocycles. The summed E-state index contributed by atoms with van der Waals surface area (Å²) in [5.74, 6) is -3.16. The molecule has 1 aliphatic heterocycles. The van der Waals surface area contributed by atoms with Crippen molar-refractivity contribution >= 4 is 23.9 Å². The lowest BCUT2D eigenvalue weighted by atomic mass is 9.98. The second-order valence-corrected chi connectivity index (χ2v) is 19.2. The Morgan fingerprint density at radius 3 is 1.38 bits per heavy atom. The number of carboxylic acids is 1. The highest BCUT2D eigenvalue weighted by Crippen LogP contribution is 2.26. The molecule has 0 aliphatic carbocycles. The molecule has 0 aromatic heterocycles. The summed E-state index contributed by atoms with van der Waals surface area (Å²) < 4.78 is 28.3. The summed E-state index contributed by atoms with van der Waals surface area (Å²) in [6, 6.07) is 0. The summed E-state index contributed by atoms with van der Waals surface area (Å²) in [4.78, 5) is 51.0. The van der Waals surface area contributed by atoms with Crippen molar-refractivity contribution in [2.75, 3.05) is 13.2 Å². The average Bonchev–Trinajstić information content (AvgIpc) is 3.35. The number of rotatable bonds is 47. The monoisotopic (exact) mass is 1000 g/mol. The highest BCUT2D eigenvalue weighted by Gasteiger charge is 2.50. The summed E-state index contributed by atoms with van der Waals surface area (Å²) in [7, 11) is 0. The number of carbonyl (C=O) groups excluding carboxylic acids is 3. The fourth-order valence-corrected chi connectivity index (χ4v) is 8.12. The van der Waals surface area contributed by atoms with E-state index in [-0.39, 0.29) is 25.9 Å². The Morgan fingerprint density at radius 2 is 0.887 bits per heavy atom. The van der Waals surface area contributed by atoms with Crippen LogP contribution in [0.2, 0.25) is 0 Å². The summed E-state index contributed by atoms with van der Waals surface area (Å²) in [5.41, 5.74) is 0. The fraction of sp³-hybridized carbons (Fsp3) is 0.763. The van der Waals surface area contributed by atoms with Crippen LogP contribution in [0, 0.1) is 0 Å². The lowest BCUT2D eigenvalue weighted by molar-refractivity contribution is -0.301. The molecule has 408 valence electrons. The molecule has 3 N–H and O–H groups in total. The molecule has 1 fully saturated rings. The van der Waals surface area contributed by atoms with Crippen molar-refractivity contribution in [3.8, 4) is 0 Å². The number of esters is 3. The summed E-state index contributed by atoms with van der Waals surface area (Å²) in [5, 5.41) is 31.4. The van der Waals surface area contributed by atoms with Crippen molar-refractivity contribution in [2.24, 2.45) is 0 Å². The van der Waals surface area contributed by atoms with Crippen LogP contribution in [0.25, 0.3) is 0 Å². The molecule has 1 saturated heterocycles. The van der Waals surface area contributed by atoms with Gasteiger partial charge in [-0.15, -0.1) is 0 Å². The molecule has 6 unspecified atom stereocenters. The molecule has 0 bridgehead atoms. The van der Waals surface area contributed by atoms with Crippen molar-refractivity contribution in [2.45, 2.75) is 276 Å². The van der Waals surface area contributed by atoms with Crippen molar-refractivity contribution in [1.29, 1.82) is 0 Å². The number of unbranched alkanes of at least 4 members (excludes halogenated alkanes) is 23. The van der Waals surface area contributed by atoms with E-state index in [2.05, 4.69) is 81.5 Å². The average molecular weight is 1000 g/mol. The summed E-state index contributed by atoms with van der Waals surface area (Å²) in [6.45, 7) is 5.83. The Labute approximate surface area is 430 Å². The minimum Gasteiger partial charge on any atom is -0.479 e. The Balaban J connectivity index is 2.71. The molecule has 12 heteroatoms. The third-order valence-electron chi connectivity index (χ3n) is 12.5. The fourth-order valence-electron chi connectivity index (χ4n) is 8.12. The minimum atomic E-state index is -1.91. The van der Waals surface area contributed by atoms with Crippen LogP contribution in [0.15, 0.2) is 60.8 Å². The molecule has 1 rings (SSSR count). The second kappa shape index (κ2) is 47.4. The van der Waals surface area contributed by atoms with Crippen molar-refractivity contribution < 1.29 is 58.2 Å². The zero-order valence-corrected chi connectivity index (χ0v) is 44.7. The van der Waals surface area contributed by atoms with E-state index in [0.717, 1.165) is 128 Å². The standard InChI is InChI=1S/C59H100O12/c1-4-7-10-13-16-19-22-24-25-26-27-29-31-33-36-39-42-45-51(60)67-48-50(69-52(61)46-43-40-37-35-32-28-23-20-17-14-11-8-5-2)49-68-59-57(55(64)54(63)56(71-59)58(65)66)70-53(62)47-44-41-38-34-30-21-18-15-12-9-6-3/h11,14-16,18-20,23-25,50,54-57,59,63-64H,4-10,12-13,17,21-22,26-49H2,1-3H3,(H,65,66)/b14-11-,18-15-,19-16-,23-20-,25-24-. The zero-order chi connectivity index (χ0) is 51.8. The topological polar surface area (TPSA) is 175 Å². The van der Waals surface area contributed by atoms with Crippen LogP contribution in [0.3, 0.4) is 0 Å². The van der Waals surface area contributed by atoms with Crippen LogP contribution >= 0.6 is 0 Å². The molecule has 6 atom stereocenters. The molecule has 1 heterocycles. The lowest BCUT2D eigenvalue weighted by Crippen LogP contribution is -2.61. The van der Waals surface area contributed by atoms with Crippen LogP contribution in [0.1, 0.15) is 239 Å². The van der Waals surface area contributed by atoms with Gasteiger partial charge in [0, 0.05) is 19.3 Å². The summed E-state index contributed by atoms with van der Waals surface area (Å²) in [6.07, 6.45) is 44.9. The molecule has 71 heavy (non-hydrogen) atoms. The second-order valence-electron chi connectivity index (χ2n) is 19.2. The molecule has 0 radical (unpaired) electrons. The van der Waals surface area contributed by atoms with E-state index in [4.69, 9.17) is 23.7 Å². The van der Waals surface area contributed by atoms with E-state index >= 15 is 0 Å². The number of aliphatic carboxylic acids is 1. The molecule has 0 spiro atoms. The van der Waals surface area contributed by atoms with Crippen LogP contribution in [-0.4, -0.2) is 89.2 Å². The van der Waals surface area contributed by atoms with Gasteiger partial charge in [0.05, 0.1) is 6.61 Å². The third-order valence-corrected chi connectivity index (χ3v) is 12.5. The van der Waals surface area contributed by atoms with Crippen LogP contribution in [0.4, 0.5) is 0 Å². The zero-order valence-electron chi connectivity index (χ0n) is 44.7. The predicted octanol–water partition coefficient (Wildman–Crippen LogP) is 14.0. The number of aliphatic hydroxyl groups excluding tert-OH is 2. The first-order chi connectivity index (χ1) is 34.6. The molecular formula is C59H100O12. The molecule has 0 aromatic rings. The Kier molecular flexibility index (Phi) is 43.7. The maximum absolute atomic E-state index is 13.1. The van der Waals surface area contributed by atoms with Gasteiger partial charge in [0.1, 0.15) is 18.8 Å². The molecule has 0 amide bonds. The summed E-state index contributed by atoms with van der Waals surface area (Å²) >= 11 is 0. The number of ether oxygens (including phenoxy) is 5. The quantitative estimate of drug-likeness (QED) is 0.0228. The van der Waals surface area contributed by atoms with Gasteiger partial charge in [-0.1, -0.05) is 184 Å². The Bertz CT molecular complexity index is 1470. The number of hydrogen-bond acceptors (Lipinski definition) is 11. The van der Waals surface area contributed by atoms with E-state index in [0.29, 0.717) is 19.3 Å². The molecular weight excluding hydrogens is 901 g/mol. The van der Waals surface area contributed by atoms with Crippen LogP contribution < -0.4 is 0 Å². The first kappa shape index (κ1) is 65.4. The van der Waals surface area contributed by atoms with E-state index in [1.807, 2.05) is 0 Å². The third kappa shape index (κ3) is 37.8. The van der Waals surface area contributed by atoms with Gasteiger partial charge >= 0.3 is 23.9 Å². The van der Waals surface area contributed by atoms with E-state index in [9.17, 15) is 34.5 Å². The number of hydrogen-bond donors (Lipinski definition) is 3. The van der Waals surface area contributed by atoms with Crippen molar-refractivity contribution in [1.82, 2.24) is 0 Å². The van der Waals surface area contributed by atoms with Gasteiger partial charge in [-0.05, 0) is 96.3 Å². The van der Waals surface area contributed by atoms with Gasteiger partial charge < -0.3 is 39.0 Å². The predicted molar refractivity (Wildman–Crippen MR) is 285 cm³/mol. The Hall–Kier alpha value is -3.58. The van der Waals surface area contributed by atoms with Gasteiger partial charge in [-0.3, -0.25) is 14.4 Å². The normalized spacial score (nSPS) is 18.9. The van der Waals surface area contributed by atoms with E-state index in [1.54, 1.807) is 0 Å². The largest absolute Gasteiger partial charge is 0.479 e. The number of carbonyl (C=O) groups is 4. The number of carboxylic acid groups (broad SMARTS) is 1. The van der Waals surface area contributed by atoms with Crippen molar-refractivity contribution in [3.05, 3.63) is 60.8 Å². The highest BCUT2D eigenvalue weighted by atomic mass is 16.7. The van der Waals surface area contributed by atoms with Gasteiger partial charge in [0.15, 0.2) is 24.6 Å². The molecule has 1 aliphatic rings. The van der Waals surface area contributed by atoms with Crippen LogP contribution in [-0.2, 0) is 42.9 Å². The minimum absolute atomic E-state index is 0.0468. The van der Waals surface area contributed by atoms with Gasteiger partial charge in [-0.2, -0.15) is 0 Å². The highest BCUT2D eigenvalue weighted by molar-refractivity contribution is 5.74. The van der Waals surface area contributed by atoms with Crippen LogP contribution in [0.5, 0.6) is 0 Å². The maximum atomic E-state index is 13.1. The Morgan fingerprint density at radius 1 is 0.465 bits per heavy atom. The lowest BCUT2D eigenvalue weighted by Gasteiger charge is -2.40. The number of allylic oxidation sites excluding steroid dienone is 10. The molecule has 12 nitrogen and oxygen atoms in total. The van der Waals surface area contributed by atoms with Gasteiger partial charge in [-0.25, -0.2) is 4.79 Å². The smallest absolute Gasteiger partial charge is 0.335 e. The number of aliphatic hydroxyl groups is 2. The SMILES string of the molecule is CCC/C=C\C/C=C\CCCCCCCC(=O)OC(COC(=O)CCCCCCCCC/C=C\C/C=C\CCCCC)COC1OC(C(=O)O)C(O)C(O)C1OC(=O)CCCCCCC/C=C\CCCC. The van der Waals surface area contributed by atoms with Gasteiger partial charge in [0.2, 0.25) is 0 Å². The first-order valence-electron chi connectivity index (χ1n) is 28.3. The maximum Gasteiger partial charge on any atom is 0.335 e.